The SMILES string of the molecule is C=CCNC(=NC)NCc1cc(OC)c(OCC)c(OC)c1. The van der Waals surface area contributed by atoms with Crippen LogP contribution in [0.2, 0.25) is 0 Å². The minimum absolute atomic E-state index is 0.544. The Hall–Kier alpha value is -2.37. The fourth-order valence-corrected chi connectivity index (χ4v) is 1.90. The van der Waals surface area contributed by atoms with E-state index in [0.717, 1.165) is 5.56 Å². The summed E-state index contributed by atoms with van der Waals surface area (Å²) >= 11 is 0. The number of benzene rings is 1. The van der Waals surface area contributed by atoms with Crippen LogP contribution >= 0.6 is 0 Å². The van der Waals surface area contributed by atoms with Gasteiger partial charge in [-0.05, 0) is 24.6 Å². The van der Waals surface area contributed by atoms with E-state index in [0.29, 0.717) is 42.9 Å². The number of nitrogens with zero attached hydrogens (tertiary/aromatic N) is 1. The Bertz CT molecular complexity index is 490. The number of hydrogen-bond acceptors (Lipinski definition) is 4. The monoisotopic (exact) mass is 307 g/mol. The molecule has 1 aromatic rings. The van der Waals surface area contributed by atoms with Crippen LogP contribution in [0.4, 0.5) is 0 Å². The zero-order valence-electron chi connectivity index (χ0n) is 13.7. The maximum Gasteiger partial charge on any atom is 0.203 e. The van der Waals surface area contributed by atoms with Crippen LogP contribution in [-0.4, -0.2) is 40.4 Å². The molecule has 6 heteroatoms. The first kappa shape index (κ1) is 17.7. The average molecular weight is 307 g/mol. The van der Waals surface area contributed by atoms with Gasteiger partial charge in [-0.2, -0.15) is 0 Å². The van der Waals surface area contributed by atoms with Gasteiger partial charge >= 0.3 is 0 Å². The molecule has 0 aliphatic carbocycles. The van der Waals surface area contributed by atoms with Crippen LogP contribution in [0, 0.1) is 0 Å². The van der Waals surface area contributed by atoms with Gasteiger partial charge in [-0.25, -0.2) is 0 Å². The summed E-state index contributed by atoms with van der Waals surface area (Å²) < 4.78 is 16.4. The summed E-state index contributed by atoms with van der Waals surface area (Å²) in [4.78, 5) is 4.13. The van der Waals surface area contributed by atoms with Gasteiger partial charge in [0.15, 0.2) is 17.5 Å². The molecule has 0 atom stereocenters. The quantitative estimate of drug-likeness (QED) is 0.437. The zero-order chi connectivity index (χ0) is 16.4. The Morgan fingerprint density at radius 2 is 1.86 bits per heavy atom. The van der Waals surface area contributed by atoms with Crippen LogP contribution in [0.15, 0.2) is 29.8 Å². The second-order valence-electron chi connectivity index (χ2n) is 4.36. The minimum Gasteiger partial charge on any atom is -0.493 e. The largest absolute Gasteiger partial charge is 0.493 e. The van der Waals surface area contributed by atoms with Crippen LogP contribution in [0.25, 0.3) is 0 Å². The van der Waals surface area contributed by atoms with Gasteiger partial charge in [-0.1, -0.05) is 6.08 Å². The molecule has 1 rings (SSSR count). The van der Waals surface area contributed by atoms with Crippen LogP contribution in [-0.2, 0) is 6.54 Å². The maximum absolute atomic E-state index is 5.59. The topological polar surface area (TPSA) is 64.1 Å². The van der Waals surface area contributed by atoms with E-state index in [1.165, 1.54) is 0 Å². The highest BCUT2D eigenvalue weighted by molar-refractivity contribution is 5.79. The molecule has 0 aliphatic rings. The van der Waals surface area contributed by atoms with E-state index >= 15 is 0 Å². The van der Waals surface area contributed by atoms with Crippen molar-refractivity contribution in [2.75, 3.05) is 34.4 Å². The smallest absolute Gasteiger partial charge is 0.203 e. The first-order valence-corrected chi connectivity index (χ1v) is 7.13. The van der Waals surface area contributed by atoms with Crippen LogP contribution in [0.1, 0.15) is 12.5 Å². The van der Waals surface area contributed by atoms with E-state index in [9.17, 15) is 0 Å². The third-order valence-corrected chi connectivity index (χ3v) is 2.91. The highest BCUT2D eigenvalue weighted by Gasteiger charge is 2.13. The third-order valence-electron chi connectivity index (χ3n) is 2.91. The lowest BCUT2D eigenvalue weighted by Gasteiger charge is -2.16. The van der Waals surface area contributed by atoms with Gasteiger partial charge in [0.25, 0.3) is 0 Å². The van der Waals surface area contributed by atoms with Crippen molar-refractivity contribution in [3.63, 3.8) is 0 Å². The van der Waals surface area contributed by atoms with Crippen molar-refractivity contribution >= 4 is 5.96 Å². The highest BCUT2D eigenvalue weighted by Crippen LogP contribution is 2.38. The first-order valence-electron chi connectivity index (χ1n) is 7.13. The number of guanidine groups is 1. The van der Waals surface area contributed by atoms with E-state index in [1.807, 2.05) is 19.1 Å². The number of hydrogen-bond donors (Lipinski definition) is 2. The molecule has 0 bridgehead atoms. The van der Waals surface area contributed by atoms with Gasteiger partial charge in [0, 0.05) is 20.1 Å². The van der Waals surface area contributed by atoms with Crippen LogP contribution < -0.4 is 24.8 Å². The van der Waals surface area contributed by atoms with Crippen molar-refractivity contribution in [3.05, 3.63) is 30.4 Å². The van der Waals surface area contributed by atoms with Gasteiger partial charge in [-0.3, -0.25) is 4.99 Å². The standard InChI is InChI=1S/C16H25N3O3/c1-6-8-18-16(17-3)19-11-12-9-13(20-4)15(22-7-2)14(10-12)21-5/h6,9-10H,1,7-8,11H2,2-5H3,(H2,17,18,19). The Morgan fingerprint density at radius 3 is 2.32 bits per heavy atom. The van der Waals surface area contributed by atoms with E-state index in [4.69, 9.17) is 14.2 Å². The summed E-state index contributed by atoms with van der Waals surface area (Å²) in [5.41, 5.74) is 0.999. The molecule has 0 spiro atoms. The van der Waals surface area contributed by atoms with Crippen molar-refractivity contribution in [1.82, 2.24) is 10.6 Å². The molecule has 0 aliphatic heterocycles. The van der Waals surface area contributed by atoms with Gasteiger partial charge in [0.05, 0.1) is 20.8 Å². The number of nitrogens with one attached hydrogen (secondary N) is 2. The highest BCUT2D eigenvalue weighted by atomic mass is 16.5. The van der Waals surface area contributed by atoms with Crippen LogP contribution in [0.3, 0.4) is 0 Å². The molecule has 122 valence electrons. The number of rotatable bonds is 8. The molecule has 0 heterocycles. The summed E-state index contributed by atoms with van der Waals surface area (Å²) in [6.07, 6.45) is 1.77. The fraction of sp³-hybridized carbons (Fsp3) is 0.438. The van der Waals surface area contributed by atoms with Gasteiger partial charge in [-0.15, -0.1) is 6.58 Å². The molecule has 0 saturated heterocycles. The zero-order valence-corrected chi connectivity index (χ0v) is 13.7. The molecular formula is C16H25N3O3. The lowest BCUT2D eigenvalue weighted by Crippen LogP contribution is -2.36. The van der Waals surface area contributed by atoms with E-state index < -0.39 is 0 Å². The van der Waals surface area contributed by atoms with Gasteiger partial charge in [0.2, 0.25) is 5.75 Å². The average Bonchev–Trinajstić information content (AvgIpc) is 2.55. The normalized spacial score (nSPS) is 10.8. The van der Waals surface area contributed by atoms with Crippen molar-refractivity contribution in [3.8, 4) is 17.2 Å². The Kier molecular flexibility index (Phi) is 7.67. The second-order valence-corrected chi connectivity index (χ2v) is 4.36. The predicted octanol–water partition coefficient (Wildman–Crippen LogP) is 1.95. The second kappa shape index (κ2) is 9.55. The summed E-state index contributed by atoms with van der Waals surface area (Å²) in [5.74, 6) is 2.61. The Labute approximate surface area is 132 Å². The lowest BCUT2D eigenvalue weighted by molar-refractivity contribution is 0.288. The Balaban J connectivity index is 2.89. The van der Waals surface area contributed by atoms with Crippen LogP contribution in [0.5, 0.6) is 17.2 Å². The maximum atomic E-state index is 5.59. The van der Waals surface area contributed by atoms with Gasteiger partial charge < -0.3 is 24.8 Å². The summed E-state index contributed by atoms with van der Waals surface area (Å²) in [6.45, 7) is 7.36. The third kappa shape index (κ3) is 4.87. The fourth-order valence-electron chi connectivity index (χ4n) is 1.90. The van der Waals surface area contributed by atoms with Crippen molar-refractivity contribution < 1.29 is 14.2 Å². The molecule has 0 saturated carbocycles. The molecule has 0 aromatic heterocycles. The molecule has 6 nitrogen and oxygen atoms in total. The van der Waals surface area contributed by atoms with E-state index in [2.05, 4.69) is 22.2 Å². The number of methoxy groups -OCH3 is 2. The summed E-state index contributed by atoms with van der Waals surface area (Å²) in [5, 5.41) is 6.33. The minimum atomic E-state index is 0.544. The molecule has 22 heavy (non-hydrogen) atoms. The summed E-state index contributed by atoms with van der Waals surface area (Å²) in [6, 6.07) is 3.84. The molecule has 0 unspecified atom stereocenters. The van der Waals surface area contributed by atoms with Gasteiger partial charge in [0.1, 0.15) is 0 Å². The number of aliphatic imine (C=N–C) groups is 1. The van der Waals surface area contributed by atoms with Crippen molar-refractivity contribution in [1.29, 1.82) is 0 Å². The van der Waals surface area contributed by atoms with Crippen molar-refractivity contribution in [2.24, 2.45) is 4.99 Å². The number of ether oxygens (including phenoxy) is 3. The summed E-state index contributed by atoms with van der Waals surface area (Å²) in [7, 11) is 4.94. The van der Waals surface area contributed by atoms with E-state index in [-0.39, 0.29) is 0 Å². The molecular weight excluding hydrogens is 282 g/mol. The predicted molar refractivity (Wildman–Crippen MR) is 89.1 cm³/mol. The first-order chi connectivity index (χ1) is 10.7. The molecule has 2 N–H and O–H groups in total. The molecule has 0 amide bonds. The Morgan fingerprint density at radius 1 is 1.23 bits per heavy atom. The lowest BCUT2D eigenvalue weighted by atomic mass is 10.2. The molecule has 0 fully saturated rings. The molecule has 0 radical (unpaired) electrons. The van der Waals surface area contributed by atoms with E-state index in [1.54, 1.807) is 27.3 Å². The molecule has 1 aromatic carbocycles. The van der Waals surface area contributed by atoms with Crippen molar-refractivity contribution in [2.45, 2.75) is 13.5 Å².